The van der Waals surface area contributed by atoms with E-state index in [0.29, 0.717) is 24.6 Å². The second kappa shape index (κ2) is 8.65. The van der Waals surface area contributed by atoms with Gasteiger partial charge in [0, 0.05) is 37.6 Å². The van der Waals surface area contributed by atoms with Crippen molar-refractivity contribution >= 4 is 29.9 Å². The summed E-state index contributed by atoms with van der Waals surface area (Å²) in [4.78, 5) is 4.38. The summed E-state index contributed by atoms with van der Waals surface area (Å²) < 4.78 is 16.5. The third kappa shape index (κ3) is 3.88. The van der Waals surface area contributed by atoms with Crippen LogP contribution in [0.4, 0.5) is 0 Å². The number of halogens is 1. The van der Waals surface area contributed by atoms with Gasteiger partial charge in [-0.25, -0.2) is 0 Å². The number of hydrogen-bond acceptors (Lipinski definition) is 4. The Morgan fingerprint density at radius 1 is 1.27 bits per heavy atom. The number of benzene rings is 1. The second-order valence-electron chi connectivity index (χ2n) is 7.30. The summed E-state index contributed by atoms with van der Waals surface area (Å²) in [6, 6.07) is 6.31. The van der Waals surface area contributed by atoms with E-state index < -0.39 is 0 Å². The van der Waals surface area contributed by atoms with Crippen molar-refractivity contribution in [3.63, 3.8) is 0 Å². The lowest BCUT2D eigenvalue weighted by Crippen LogP contribution is -2.67. The van der Waals surface area contributed by atoms with E-state index in [9.17, 15) is 0 Å². The minimum atomic E-state index is 0. The van der Waals surface area contributed by atoms with Gasteiger partial charge in [0.15, 0.2) is 17.5 Å². The van der Waals surface area contributed by atoms with Gasteiger partial charge in [0.05, 0.1) is 20.3 Å². The van der Waals surface area contributed by atoms with Gasteiger partial charge in [-0.3, -0.25) is 4.99 Å². The van der Waals surface area contributed by atoms with Crippen molar-refractivity contribution in [1.29, 1.82) is 0 Å². The van der Waals surface area contributed by atoms with Crippen LogP contribution in [0.1, 0.15) is 25.8 Å². The molecule has 1 aromatic rings. The molecule has 3 rings (SSSR count). The van der Waals surface area contributed by atoms with E-state index >= 15 is 0 Å². The summed E-state index contributed by atoms with van der Waals surface area (Å²) in [5.41, 5.74) is 1.23. The van der Waals surface area contributed by atoms with Gasteiger partial charge in [-0.1, -0.05) is 19.9 Å². The Bertz CT molecular complexity index is 651. The minimum absolute atomic E-state index is 0. The lowest BCUT2D eigenvalue weighted by molar-refractivity contribution is -0.106. The van der Waals surface area contributed by atoms with Crippen molar-refractivity contribution in [2.45, 2.75) is 39.0 Å². The van der Waals surface area contributed by atoms with Crippen LogP contribution in [-0.2, 0) is 11.3 Å². The van der Waals surface area contributed by atoms with E-state index in [-0.39, 0.29) is 29.4 Å². The smallest absolute Gasteiger partial charge is 0.191 e. The molecule has 0 aromatic heterocycles. The molecule has 7 heteroatoms. The molecule has 1 saturated heterocycles. The number of fused-ring (bicyclic) bond motifs is 1. The zero-order chi connectivity index (χ0) is 18.0. The molecule has 3 atom stereocenters. The molecule has 1 saturated carbocycles. The Labute approximate surface area is 173 Å². The number of guanidine groups is 1. The van der Waals surface area contributed by atoms with Crippen LogP contribution in [0.5, 0.6) is 11.5 Å². The highest BCUT2D eigenvalue weighted by Crippen LogP contribution is 2.52. The molecular formula is C19H30IN3O3. The predicted octanol–water partition coefficient (Wildman–Crippen LogP) is 2.80. The largest absolute Gasteiger partial charge is 0.493 e. The zero-order valence-electron chi connectivity index (χ0n) is 16.2. The first kappa shape index (κ1) is 21.1. The van der Waals surface area contributed by atoms with Crippen molar-refractivity contribution < 1.29 is 14.2 Å². The predicted molar refractivity (Wildman–Crippen MR) is 114 cm³/mol. The van der Waals surface area contributed by atoms with Gasteiger partial charge < -0.3 is 24.8 Å². The van der Waals surface area contributed by atoms with Gasteiger partial charge >= 0.3 is 0 Å². The SMILES string of the molecule is CN=C(NCc1ccc(OC)c(OC)c1)NC1C2CCOC2C1(C)C.I. The van der Waals surface area contributed by atoms with Crippen LogP contribution in [0.3, 0.4) is 0 Å². The normalized spacial score (nSPS) is 26.2. The highest BCUT2D eigenvalue weighted by Gasteiger charge is 2.59. The first-order valence-electron chi connectivity index (χ1n) is 8.81. The van der Waals surface area contributed by atoms with Crippen molar-refractivity contribution in [1.82, 2.24) is 10.6 Å². The fourth-order valence-electron chi connectivity index (χ4n) is 4.14. The third-order valence-electron chi connectivity index (χ3n) is 5.52. The Balaban J connectivity index is 0.00000243. The van der Waals surface area contributed by atoms with Gasteiger partial charge in [-0.15, -0.1) is 24.0 Å². The van der Waals surface area contributed by atoms with E-state index in [2.05, 4.69) is 29.5 Å². The Morgan fingerprint density at radius 3 is 2.65 bits per heavy atom. The number of nitrogens with one attached hydrogen (secondary N) is 2. The van der Waals surface area contributed by atoms with Crippen LogP contribution in [0, 0.1) is 11.3 Å². The van der Waals surface area contributed by atoms with Crippen molar-refractivity contribution in [3.05, 3.63) is 23.8 Å². The molecule has 3 unspecified atom stereocenters. The average Bonchev–Trinajstić information content (AvgIpc) is 3.08. The molecule has 0 bridgehead atoms. The molecule has 1 aromatic carbocycles. The quantitative estimate of drug-likeness (QED) is 0.390. The summed E-state index contributed by atoms with van der Waals surface area (Å²) in [5, 5.41) is 6.98. The van der Waals surface area contributed by atoms with Gasteiger partial charge in [-0.05, 0) is 24.1 Å². The van der Waals surface area contributed by atoms with Gasteiger partial charge in [0.1, 0.15) is 0 Å². The standard InChI is InChI=1S/C19H29N3O3.HI/c1-19(2)16(13-8-9-25-17(13)19)22-18(20-3)21-11-12-6-7-14(23-4)15(10-12)24-5;/h6-7,10,13,16-17H,8-9,11H2,1-5H3,(H2,20,21,22);1H. The Kier molecular flexibility index (Phi) is 7.01. The van der Waals surface area contributed by atoms with Crippen LogP contribution < -0.4 is 20.1 Å². The summed E-state index contributed by atoms with van der Waals surface area (Å²) >= 11 is 0. The van der Waals surface area contributed by atoms with Gasteiger partial charge in [0.25, 0.3) is 0 Å². The number of ether oxygens (including phenoxy) is 3. The van der Waals surface area contributed by atoms with Crippen LogP contribution in [-0.4, -0.2) is 46.0 Å². The Morgan fingerprint density at radius 2 is 2.00 bits per heavy atom. The molecule has 1 heterocycles. The molecule has 2 fully saturated rings. The first-order chi connectivity index (χ1) is 12.0. The van der Waals surface area contributed by atoms with Gasteiger partial charge in [0.2, 0.25) is 0 Å². The summed E-state index contributed by atoms with van der Waals surface area (Å²) in [6.45, 7) is 6.06. The van der Waals surface area contributed by atoms with Crippen LogP contribution in [0.15, 0.2) is 23.2 Å². The fraction of sp³-hybridized carbons (Fsp3) is 0.632. The number of aliphatic imine (C=N–C) groups is 1. The van der Waals surface area contributed by atoms with Crippen molar-refractivity contribution in [2.24, 2.45) is 16.3 Å². The maximum atomic E-state index is 5.86. The van der Waals surface area contributed by atoms with E-state index in [4.69, 9.17) is 14.2 Å². The zero-order valence-corrected chi connectivity index (χ0v) is 18.5. The average molecular weight is 475 g/mol. The molecule has 0 amide bonds. The highest BCUT2D eigenvalue weighted by molar-refractivity contribution is 14.0. The minimum Gasteiger partial charge on any atom is -0.493 e. The molecule has 0 spiro atoms. The molecule has 1 aliphatic carbocycles. The summed E-state index contributed by atoms with van der Waals surface area (Å²) in [5.74, 6) is 2.86. The first-order valence-corrected chi connectivity index (χ1v) is 8.81. The van der Waals surface area contributed by atoms with Crippen molar-refractivity contribution in [3.8, 4) is 11.5 Å². The van der Waals surface area contributed by atoms with E-state index in [0.717, 1.165) is 36.0 Å². The molecule has 0 radical (unpaired) electrons. The molecule has 6 nitrogen and oxygen atoms in total. The van der Waals surface area contributed by atoms with Crippen LogP contribution in [0.2, 0.25) is 0 Å². The maximum absolute atomic E-state index is 5.86. The number of nitrogens with zero attached hydrogens (tertiary/aromatic N) is 1. The van der Waals surface area contributed by atoms with E-state index in [1.54, 1.807) is 21.3 Å². The molecule has 26 heavy (non-hydrogen) atoms. The lowest BCUT2D eigenvalue weighted by Gasteiger charge is -2.54. The molecule has 1 aliphatic heterocycles. The second-order valence-corrected chi connectivity index (χ2v) is 7.30. The van der Waals surface area contributed by atoms with E-state index in [1.165, 1.54) is 0 Å². The molecule has 2 aliphatic rings. The Hall–Kier alpha value is -1.22. The van der Waals surface area contributed by atoms with Crippen LogP contribution >= 0.6 is 24.0 Å². The number of methoxy groups -OCH3 is 2. The molecule has 2 N–H and O–H groups in total. The molecular weight excluding hydrogens is 445 g/mol. The number of rotatable bonds is 5. The summed E-state index contributed by atoms with van der Waals surface area (Å²) in [7, 11) is 5.09. The fourth-order valence-corrected chi connectivity index (χ4v) is 4.14. The highest BCUT2D eigenvalue weighted by atomic mass is 127. The van der Waals surface area contributed by atoms with E-state index in [1.807, 2.05) is 18.2 Å². The summed E-state index contributed by atoms with van der Waals surface area (Å²) in [6.07, 6.45) is 1.49. The number of hydrogen-bond donors (Lipinski definition) is 2. The third-order valence-corrected chi connectivity index (χ3v) is 5.52. The maximum Gasteiger partial charge on any atom is 0.191 e. The van der Waals surface area contributed by atoms with Crippen molar-refractivity contribution in [2.75, 3.05) is 27.9 Å². The topological polar surface area (TPSA) is 64.1 Å². The monoisotopic (exact) mass is 475 g/mol. The lowest BCUT2D eigenvalue weighted by atomic mass is 9.57. The van der Waals surface area contributed by atoms with Gasteiger partial charge in [-0.2, -0.15) is 0 Å². The van der Waals surface area contributed by atoms with Crippen LogP contribution in [0.25, 0.3) is 0 Å². The molecule has 146 valence electrons.